The van der Waals surface area contributed by atoms with Crippen LogP contribution >= 0.6 is 0 Å². The fraction of sp³-hybridized carbons (Fsp3) is 0.684. The zero-order valence-corrected chi connectivity index (χ0v) is 11.9. The summed E-state index contributed by atoms with van der Waals surface area (Å²) in [6.07, 6.45) is 14.5. The van der Waals surface area contributed by atoms with Crippen LogP contribution in [0.3, 0.4) is 0 Å². The number of methoxy groups -OCH3 is 2. The normalized spacial score (nSPS) is 5.52. The van der Waals surface area contributed by atoms with Crippen LogP contribution in [0.25, 0.3) is 0 Å². The summed E-state index contributed by atoms with van der Waals surface area (Å²) < 4.78 is 9.09. The third kappa shape index (κ3) is 72.0. The van der Waals surface area contributed by atoms with Crippen molar-refractivity contribution in [1.29, 1.82) is 0 Å². The van der Waals surface area contributed by atoms with Crippen molar-refractivity contribution in [2.24, 2.45) is 0 Å². The lowest BCUT2D eigenvalue weighted by Crippen LogP contribution is -2.39. The zero-order chi connectivity index (χ0) is 15.4. The van der Waals surface area contributed by atoms with Crippen LogP contribution < -0.4 is 0 Å². The number of carbonyl (C=O) groups excluding carboxylic acids is 2. The van der Waals surface area contributed by atoms with Crippen molar-refractivity contribution in [1.82, 2.24) is 0 Å². The van der Waals surface area contributed by atoms with E-state index in [4.69, 9.17) is 5.11 Å². The predicted octanol–water partition coefficient (Wildman–Crippen LogP) is 3.64. The van der Waals surface area contributed by atoms with Crippen LogP contribution in [-0.2, 0) is 19.1 Å². The maximum absolute atomic E-state index is 10.1. The van der Waals surface area contributed by atoms with Gasteiger partial charge in [0.2, 0.25) is 5.79 Å². The molecule has 160 valence electrons. The molecule has 0 bridgehead atoms. The van der Waals surface area contributed by atoms with Gasteiger partial charge in [0.15, 0.2) is 6.29 Å². The van der Waals surface area contributed by atoms with E-state index in [0.29, 0.717) is 12.7 Å². The quantitative estimate of drug-likeness (QED) is 0.450. The van der Waals surface area contributed by atoms with Crippen molar-refractivity contribution in [3.63, 3.8) is 0 Å². The molecule has 0 aromatic carbocycles. The lowest BCUT2D eigenvalue weighted by molar-refractivity contribution is -0.210. The summed E-state index contributed by atoms with van der Waals surface area (Å²) in [4.78, 5) is 19.3. The fourth-order valence-corrected chi connectivity index (χ4v) is 0.346. The summed E-state index contributed by atoms with van der Waals surface area (Å²) in [5, 5.41) is 8.50. The van der Waals surface area contributed by atoms with Gasteiger partial charge in [0, 0.05) is 20.6 Å². The van der Waals surface area contributed by atoms with Crippen LogP contribution in [0.5, 0.6) is 0 Å². The summed E-state index contributed by atoms with van der Waals surface area (Å²) in [5.74, 6) is 0.792. The van der Waals surface area contributed by atoms with E-state index >= 15 is 0 Å². The number of hydrogen-bond acceptors (Lipinski definition) is 5. The van der Waals surface area contributed by atoms with Crippen LogP contribution in [0.1, 0.15) is 64.8 Å². The van der Waals surface area contributed by atoms with E-state index in [2.05, 4.69) is 34.7 Å². The molecular weight excluding hydrogens is 324 g/mol. The molecule has 0 aliphatic rings. The molecule has 0 saturated carbocycles. The molecule has 0 radical (unpaired) electrons. The second-order valence-corrected chi connectivity index (χ2v) is 2.36. The van der Waals surface area contributed by atoms with Crippen molar-refractivity contribution in [3.8, 4) is 25.2 Å². The van der Waals surface area contributed by atoms with Gasteiger partial charge in [-0.2, -0.15) is 0 Å². The monoisotopic (exact) mass is 372 g/mol. The minimum absolute atomic E-state index is 0. The van der Waals surface area contributed by atoms with Crippen LogP contribution in [0.15, 0.2) is 0 Å². The van der Waals surface area contributed by atoms with Gasteiger partial charge in [-0.1, -0.05) is 51.5 Å². The van der Waals surface area contributed by atoms with E-state index in [1.54, 1.807) is 6.92 Å². The molecule has 6 nitrogen and oxygen atoms in total. The molecule has 0 amide bonds. The van der Waals surface area contributed by atoms with Crippen molar-refractivity contribution in [2.75, 3.05) is 20.8 Å². The number of aliphatic hydroxyl groups is 1. The van der Waals surface area contributed by atoms with Gasteiger partial charge in [0.25, 0.3) is 0 Å². The average molecular weight is 373 g/mol. The molecule has 0 fully saturated rings. The summed E-state index contributed by atoms with van der Waals surface area (Å²) in [6.45, 7) is 3.00. The smallest absolute Gasteiger partial charge is 0.249 e. The van der Waals surface area contributed by atoms with E-state index in [1.807, 2.05) is 6.92 Å². The largest absolute Gasteiger partial charge is 0.412 e. The standard InChI is InChI=1S/C5H10O4.C3H6O.C3H4.C2H2.6CH4.H2O/c1-8-5(3-6,4-7)9-2;1-2-3-4;1-3-2;1-2;;;;;;;/h3,7H,4H2,1-2H3;3H,2H2,1H3;1H,2H3;1-2H;6*1H4;1H2. The molecule has 0 unspecified atom stereocenters. The van der Waals surface area contributed by atoms with Crippen molar-refractivity contribution >= 4 is 12.6 Å². The highest BCUT2D eigenvalue weighted by Gasteiger charge is 2.27. The molecule has 0 aromatic rings. The molecule has 0 rings (SSSR count). The lowest BCUT2D eigenvalue weighted by Gasteiger charge is -2.20. The minimum atomic E-state index is -1.46. The Hall–Kier alpha value is -1.70. The first-order valence-electron chi connectivity index (χ1n) is 4.89. The Kier molecular flexibility index (Phi) is 243. The first-order valence-corrected chi connectivity index (χ1v) is 4.89. The van der Waals surface area contributed by atoms with E-state index in [-0.39, 0.29) is 50.0 Å². The van der Waals surface area contributed by atoms with Gasteiger partial charge in [0.05, 0.1) is 0 Å². The summed E-state index contributed by atoms with van der Waals surface area (Å²) in [7, 11) is 2.57. The molecule has 0 heterocycles. The number of carbonyl (C=O) groups is 2. The Labute approximate surface area is 159 Å². The first-order chi connectivity index (χ1) is 8.57. The molecule has 0 saturated heterocycles. The lowest BCUT2D eigenvalue weighted by atomic mass is 10.3. The Morgan fingerprint density at radius 1 is 1.00 bits per heavy atom. The summed E-state index contributed by atoms with van der Waals surface area (Å²) >= 11 is 0. The Morgan fingerprint density at radius 2 is 1.20 bits per heavy atom. The third-order valence-electron chi connectivity index (χ3n) is 1.26. The maximum Gasteiger partial charge on any atom is 0.249 e. The van der Waals surface area contributed by atoms with Gasteiger partial charge in [-0.25, -0.2) is 0 Å². The maximum atomic E-state index is 10.1. The van der Waals surface area contributed by atoms with Crippen LogP contribution in [0.4, 0.5) is 0 Å². The molecule has 3 N–H and O–H groups in total. The van der Waals surface area contributed by atoms with E-state index in [1.165, 1.54) is 14.2 Å². The van der Waals surface area contributed by atoms with Gasteiger partial charge in [0.1, 0.15) is 12.9 Å². The Bertz CT molecular complexity index is 220. The van der Waals surface area contributed by atoms with Gasteiger partial charge >= 0.3 is 0 Å². The molecule has 0 spiro atoms. The van der Waals surface area contributed by atoms with E-state index in [9.17, 15) is 9.59 Å². The number of ether oxygens (including phenoxy) is 2. The van der Waals surface area contributed by atoms with Crippen LogP contribution in [-0.4, -0.2) is 49.8 Å². The van der Waals surface area contributed by atoms with Gasteiger partial charge in [-0.05, 0) is 6.92 Å². The van der Waals surface area contributed by atoms with Gasteiger partial charge in [-0.15, -0.1) is 25.2 Å². The Balaban J connectivity index is -0.0000000121. The van der Waals surface area contributed by atoms with Crippen molar-refractivity contribution in [3.05, 3.63) is 0 Å². The number of hydrogen-bond donors (Lipinski definition) is 1. The van der Waals surface area contributed by atoms with Crippen molar-refractivity contribution < 1.29 is 29.6 Å². The second-order valence-electron chi connectivity index (χ2n) is 2.36. The minimum Gasteiger partial charge on any atom is -0.412 e. The highest BCUT2D eigenvalue weighted by molar-refractivity contribution is 5.60. The number of aldehydes is 2. The molecule has 0 aromatic heterocycles. The second kappa shape index (κ2) is 79.2. The average Bonchev–Trinajstić information content (AvgIpc) is 2.45. The highest BCUT2D eigenvalue weighted by atomic mass is 16.7. The number of terminal acetylenes is 2. The molecule has 0 aliphatic carbocycles. The first kappa shape index (κ1) is 76.6. The molecular formula is C19H48O6. The van der Waals surface area contributed by atoms with E-state index in [0.717, 1.165) is 6.29 Å². The zero-order valence-electron chi connectivity index (χ0n) is 11.9. The predicted molar refractivity (Wildman–Crippen MR) is 115 cm³/mol. The van der Waals surface area contributed by atoms with Crippen LogP contribution in [0, 0.1) is 25.2 Å². The van der Waals surface area contributed by atoms with E-state index < -0.39 is 12.4 Å². The Morgan fingerprint density at radius 3 is 1.20 bits per heavy atom. The van der Waals surface area contributed by atoms with Gasteiger partial charge < -0.3 is 24.9 Å². The third-order valence-corrected chi connectivity index (χ3v) is 1.26. The summed E-state index contributed by atoms with van der Waals surface area (Å²) in [5.41, 5.74) is 0. The van der Waals surface area contributed by atoms with Crippen molar-refractivity contribution in [2.45, 2.75) is 70.6 Å². The fourth-order valence-electron chi connectivity index (χ4n) is 0.346. The molecule has 0 atom stereocenters. The molecule has 25 heavy (non-hydrogen) atoms. The molecule has 6 heteroatoms. The molecule has 0 aliphatic heterocycles. The van der Waals surface area contributed by atoms with Crippen LogP contribution in [0.2, 0.25) is 0 Å². The SMILES string of the molecule is C.C.C.C.C.C.C#C.C#CC.CCC=O.COC(C=O)(CO)OC.O. The summed E-state index contributed by atoms with van der Waals surface area (Å²) in [6, 6.07) is 0. The number of rotatable bonds is 5. The van der Waals surface area contributed by atoms with Gasteiger partial charge in [-0.3, -0.25) is 4.79 Å². The highest BCUT2D eigenvalue weighted by Crippen LogP contribution is 2.04. The number of aliphatic hydroxyl groups excluding tert-OH is 1. The topological polar surface area (TPSA) is 104 Å².